The van der Waals surface area contributed by atoms with E-state index >= 15 is 0 Å². The average Bonchev–Trinajstić information content (AvgIpc) is 3.18. The Balaban J connectivity index is 1.49. The maximum Gasteiger partial charge on any atom is 0.165 e. The van der Waals surface area contributed by atoms with Crippen LogP contribution in [0.2, 0.25) is 0 Å². The zero-order chi connectivity index (χ0) is 19.7. The van der Waals surface area contributed by atoms with E-state index in [1.165, 1.54) is 5.57 Å². The summed E-state index contributed by atoms with van der Waals surface area (Å²) >= 11 is 0. The van der Waals surface area contributed by atoms with E-state index < -0.39 is 0 Å². The molecule has 6 unspecified atom stereocenters. The van der Waals surface area contributed by atoms with Gasteiger partial charge in [0.05, 0.1) is 11.8 Å². The van der Waals surface area contributed by atoms with Crippen molar-refractivity contribution in [3.05, 3.63) is 35.2 Å². The minimum atomic E-state index is -0.207. The molecule has 3 saturated carbocycles. The Morgan fingerprint density at radius 1 is 1.18 bits per heavy atom. The lowest BCUT2D eigenvalue weighted by atomic mass is 9.48. The summed E-state index contributed by atoms with van der Waals surface area (Å²) in [6.45, 7) is 4.67. The largest absolute Gasteiger partial charge is 0.393 e. The van der Waals surface area contributed by atoms with Gasteiger partial charge in [-0.1, -0.05) is 25.5 Å². The summed E-state index contributed by atoms with van der Waals surface area (Å²) in [5, 5.41) is 14.4. The molecular formula is C24H32N2O2. The molecule has 1 aromatic heterocycles. The zero-order valence-electron chi connectivity index (χ0n) is 17.3. The molecule has 1 N–H and O–H groups in total. The molecule has 5 rings (SSSR count). The Morgan fingerprint density at radius 3 is 2.71 bits per heavy atom. The van der Waals surface area contributed by atoms with Gasteiger partial charge in [-0.05, 0) is 85.8 Å². The molecule has 0 aliphatic heterocycles. The number of fused-ring (bicyclic) bond motifs is 5. The smallest absolute Gasteiger partial charge is 0.165 e. The van der Waals surface area contributed by atoms with E-state index in [-0.39, 0.29) is 16.9 Å². The number of aromatic nitrogens is 2. The molecule has 1 aromatic rings. The third-order valence-electron chi connectivity index (χ3n) is 8.90. The molecule has 1 heterocycles. The SMILES string of the molecule is Cn1nccc1C=C1CC2C3CC=C4CC(O)CCC4(C)C3CCC2(C)C1=O. The predicted molar refractivity (Wildman–Crippen MR) is 109 cm³/mol. The minimum Gasteiger partial charge on any atom is -0.393 e. The minimum absolute atomic E-state index is 0.161. The van der Waals surface area contributed by atoms with Crippen molar-refractivity contribution in [2.75, 3.05) is 0 Å². The summed E-state index contributed by atoms with van der Waals surface area (Å²) < 4.78 is 1.84. The summed E-state index contributed by atoms with van der Waals surface area (Å²) in [4.78, 5) is 13.4. The number of hydrogen-bond donors (Lipinski definition) is 1. The number of aliphatic hydroxyl groups excluding tert-OH is 1. The number of nitrogens with zero attached hydrogens (tertiary/aromatic N) is 2. The third-order valence-corrected chi connectivity index (χ3v) is 8.90. The summed E-state index contributed by atoms with van der Waals surface area (Å²) in [5.41, 5.74) is 3.52. The van der Waals surface area contributed by atoms with Crippen LogP contribution in [0.25, 0.3) is 6.08 Å². The van der Waals surface area contributed by atoms with Gasteiger partial charge in [0.15, 0.2) is 5.78 Å². The van der Waals surface area contributed by atoms with Crippen LogP contribution in [-0.2, 0) is 11.8 Å². The van der Waals surface area contributed by atoms with Crippen LogP contribution >= 0.6 is 0 Å². The fraction of sp³-hybridized carbons (Fsp3) is 0.667. The maximum atomic E-state index is 13.4. The number of aryl methyl sites for hydroxylation is 1. The van der Waals surface area contributed by atoms with E-state index in [2.05, 4.69) is 31.1 Å². The normalized spacial score (nSPS) is 44.1. The van der Waals surface area contributed by atoms with E-state index in [0.29, 0.717) is 23.5 Å². The highest BCUT2D eigenvalue weighted by Crippen LogP contribution is 2.64. The summed E-state index contributed by atoms with van der Waals surface area (Å²) in [7, 11) is 1.93. The van der Waals surface area contributed by atoms with Crippen LogP contribution in [0.4, 0.5) is 0 Å². The van der Waals surface area contributed by atoms with E-state index in [9.17, 15) is 9.90 Å². The number of rotatable bonds is 1. The summed E-state index contributed by atoms with van der Waals surface area (Å²) in [6.07, 6.45) is 13.1. The number of ketones is 1. The molecule has 4 nitrogen and oxygen atoms in total. The van der Waals surface area contributed by atoms with Crippen molar-refractivity contribution in [3.8, 4) is 0 Å². The maximum absolute atomic E-state index is 13.4. The molecule has 4 aliphatic rings. The topological polar surface area (TPSA) is 55.1 Å². The molecule has 0 spiro atoms. The molecule has 0 aromatic carbocycles. The number of Topliss-reactive ketones (excluding diaryl/α,β-unsaturated/α-hetero) is 1. The molecule has 6 atom stereocenters. The quantitative estimate of drug-likeness (QED) is 0.583. The second-order valence-electron chi connectivity index (χ2n) is 10.2. The highest BCUT2D eigenvalue weighted by Gasteiger charge is 2.59. The zero-order valence-corrected chi connectivity index (χ0v) is 17.3. The number of aliphatic hydroxyl groups is 1. The van der Waals surface area contributed by atoms with Gasteiger partial charge < -0.3 is 5.11 Å². The fourth-order valence-corrected chi connectivity index (χ4v) is 7.15. The first kappa shape index (κ1) is 18.4. The first-order chi connectivity index (χ1) is 13.3. The average molecular weight is 381 g/mol. The Bertz CT molecular complexity index is 881. The standard InChI is InChI=1S/C24H32N2O2/c1-23-9-6-18(27)14-16(23)4-5-19-20(23)7-10-24(2)21(19)13-15(22(24)28)12-17-8-11-25-26(17)3/h4,8,11-12,18-21,27H,5-7,9-10,13-14H2,1-3H3. The van der Waals surface area contributed by atoms with Crippen molar-refractivity contribution in [1.82, 2.24) is 9.78 Å². The predicted octanol–water partition coefficient (Wildman–Crippen LogP) is 4.31. The molecule has 0 amide bonds. The highest BCUT2D eigenvalue weighted by atomic mass is 16.3. The molecule has 4 heteroatoms. The second-order valence-corrected chi connectivity index (χ2v) is 10.2. The molecule has 150 valence electrons. The second kappa shape index (κ2) is 6.16. The Labute approximate surface area is 167 Å². The number of carbonyl (C=O) groups excluding carboxylic acids is 1. The Hall–Kier alpha value is -1.68. The van der Waals surface area contributed by atoms with Crippen LogP contribution in [0.3, 0.4) is 0 Å². The van der Waals surface area contributed by atoms with Crippen LogP contribution in [0.15, 0.2) is 29.5 Å². The van der Waals surface area contributed by atoms with E-state index in [1.54, 1.807) is 6.20 Å². The van der Waals surface area contributed by atoms with Crippen molar-refractivity contribution < 1.29 is 9.90 Å². The number of hydrogen-bond acceptors (Lipinski definition) is 3. The van der Waals surface area contributed by atoms with Crippen molar-refractivity contribution in [3.63, 3.8) is 0 Å². The van der Waals surface area contributed by atoms with Gasteiger partial charge in [0.1, 0.15) is 0 Å². The van der Waals surface area contributed by atoms with Crippen LogP contribution in [0, 0.1) is 28.6 Å². The van der Waals surface area contributed by atoms with Crippen LogP contribution in [0.1, 0.15) is 64.5 Å². The molecular weight excluding hydrogens is 348 g/mol. The van der Waals surface area contributed by atoms with Crippen LogP contribution in [0.5, 0.6) is 0 Å². The van der Waals surface area contributed by atoms with Crippen molar-refractivity contribution in [1.29, 1.82) is 0 Å². The van der Waals surface area contributed by atoms with Gasteiger partial charge in [-0.25, -0.2) is 0 Å². The van der Waals surface area contributed by atoms with E-state index in [1.807, 2.05) is 17.8 Å². The lowest BCUT2D eigenvalue weighted by Gasteiger charge is -2.56. The van der Waals surface area contributed by atoms with Gasteiger partial charge in [-0.15, -0.1) is 0 Å². The van der Waals surface area contributed by atoms with Gasteiger partial charge in [0.25, 0.3) is 0 Å². The molecule has 0 radical (unpaired) electrons. The molecule has 28 heavy (non-hydrogen) atoms. The first-order valence-corrected chi connectivity index (χ1v) is 10.9. The van der Waals surface area contributed by atoms with Crippen molar-refractivity contribution in [2.45, 2.75) is 64.9 Å². The fourth-order valence-electron chi connectivity index (χ4n) is 7.15. The summed E-state index contributed by atoms with van der Waals surface area (Å²) in [5.74, 6) is 2.06. The highest BCUT2D eigenvalue weighted by molar-refractivity contribution is 6.05. The van der Waals surface area contributed by atoms with Crippen LogP contribution < -0.4 is 0 Å². The molecule has 0 bridgehead atoms. The molecule has 3 fully saturated rings. The van der Waals surface area contributed by atoms with E-state index in [0.717, 1.165) is 56.2 Å². The monoisotopic (exact) mass is 380 g/mol. The number of carbonyl (C=O) groups is 1. The lowest BCUT2D eigenvalue weighted by molar-refractivity contribution is -0.130. The van der Waals surface area contributed by atoms with Crippen molar-refractivity contribution in [2.24, 2.45) is 35.6 Å². The summed E-state index contributed by atoms with van der Waals surface area (Å²) in [6, 6.07) is 1.98. The van der Waals surface area contributed by atoms with Gasteiger partial charge in [0.2, 0.25) is 0 Å². The Kier molecular flexibility index (Phi) is 4.04. The van der Waals surface area contributed by atoms with Crippen LogP contribution in [-0.4, -0.2) is 26.8 Å². The van der Waals surface area contributed by atoms with Crippen molar-refractivity contribution >= 4 is 11.9 Å². The number of allylic oxidation sites excluding steroid dienone is 2. The lowest BCUT2D eigenvalue weighted by Crippen LogP contribution is -2.50. The Morgan fingerprint density at radius 2 is 1.96 bits per heavy atom. The van der Waals surface area contributed by atoms with E-state index in [4.69, 9.17) is 0 Å². The van der Waals surface area contributed by atoms with Gasteiger partial charge in [-0.3, -0.25) is 9.48 Å². The first-order valence-electron chi connectivity index (χ1n) is 10.9. The molecule has 0 saturated heterocycles. The van der Waals surface area contributed by atoms with Gasteiger partial charge in [0, 0.05) is 18.7 Å². The molecule has 4 aliphatic carbocycles. The third kappa shape index (κ3) is 2.46. The van der Waals surface area contributed by atoms with Gasteiger partial charge >= 0.3 is 0 Å². The van der Waals surface area contributed by atoms with Gasteiger partial charge in [-0.2, -0.15) is 5.10 Å².